The molecule has 0 saturated carbocycles. The quantitative estimate of drug-likeness (QED) is 0.470. The van der Waals surface area contributed by atoms with Crippen molar-refractivity contribution in [1.29, 1.82) is 0 Å². The average Bonchev–Trinajstić information content (AvgIpc) is 2.72. The third kappa shape index (κ3) is 6.81. The molecule has 0 radical (unpaired) electrons. The number of rotatable bonds is 10. The number of hydrogen-bond donors (Lipinski definition) is 2. The van der Waals surface area contributed by atoms with Crippen LogP contribution >= 0.6 is 0 Å². The molecule has 0 aliphatic heterocycles. The van der Waals surface area contributed by atoms with Crippen LogP contribution in [0.1, 0.15) is 87.2 Å². The van der Waals surface area contributed by atoms with Gasteiger partial charge < -0.3 is 15.2 Å². The third-order valence-corrected chi connectivity index (χ3v) is 5.37. The van der Waals surface area contributed by atoms with E-state index in [1.807, 2.05) is 32.9 Å². The summed E-state index contributed by atoms with van der Waals surface area (Å²) < 4.78 is 5.43. The Morgan fingerprint density at radius 1 is 1.19 bits per heavy atom. The predicted octanol–water partition coefficient (Wildman–Crippen LogP) is 5.78. The molecule has 1 aromatic carbocycles. The molecule has 1 atom stereocenters. The number of aromatic nitrogens is 1. The zero-order valence-corrected chi connectivity index (χ0v) is 19.2. The molecular formula is C25H34N2O4. The first kappa shape index (κ1) is 24.4. The van der Waals surface area contributed by atoms with Crippen LogP contribution in [0.15, 0.2) is 36.5 Å². The Labute approximate surface area is 185 Å². The highest BCUT2D eigenvalue weighted by Gasteiger charge is 2.24. The number of hydrogen-bond acceptors (Lipinski definition) is 4. The number of anilines is 1. The van der Waals surface area contributed by atoms with Crippen LogP contribution in [-0.2, 0) is 10.2 Å². The summed E-state index contributed by atoms with van der Waals surface area (Å²) in [6.07, 6.45) is 6.00. The summed E-state index contributed by atoms with van der Waals surface area (Å²) in [6.45, 7) is 8.25. The lowest BCUT2D eigenvalue weighted by molar-refractivity contribution is -0.116. The molecule has 6 nitrogen and oxygen atoms in total. The van der Waals surface area contributed by atoms with Crippen molar-refractivity contribution in [3.63, 3.8) is 0 Å². The summed E-state index contributed by atoms with van der Waals surface area (Å²) in [7, 11) is 1.59. The molecule has 0 spiro atoms. The lowest BCUT2D eigenvalue weighted by atomic mass is 9.85. The number of carboxylic acid groups (broad SMARTS) is 1. The predicted molar refractivity (Wildman–Crippen MR) is 123 cm³/mol. The molecule has 31 heavy (non-hydrogen) atoms. The molecule has 1 aromatic heterocycles. The fourth-order valence-corrected chi connectivity index (χ4v) is 3.75. The van der Waals surface area contributed by atoms with Crippen LogP contribution in [-0.4, -0.2) is 29.1 Å². The standard InChI is InChI=1S/C25H34N2O4/c1-6-7-8-10-17(19-11-9-14-26-23(19)31-5)16-22(28)27-21-15-18(24(29)30)12-13-20(21)25(2,3)4/h9,11-15,17H,6-8,10,16H2,1-5H3,(H,27,28)(H,29,30). The second-order valence-corrected chi connectivity index (χ2v) is 8.86. The highest BCUT2D eigenvalue weighted by molar-refractivity contribution is 5.95. The minimum Gasteiger partial charge on any atom is -0.481 e. The Hall–Kier alpha value is -2.89. The van der Waals surface area contributed by atoms with Gasteiger partial charge in [-0.25, -0.2) is 9.78 Å². The van der Waals surface area contributed by atoms with Gasteiger partial charge in [0, 0.05) is 23.9 Å². The van der Waals surface area contributed by atoms with Crippen molar-refractivity contribution in [3.05, 3.63) is 53.2 Å². The monoisotopic (exact) mass is 426 g/mol. The summed E-state index contributed by atoms with van der Waals surface area (Å²) in [5.41, 5.74) is 2.27. The van der Waals surface area contributed by atoms with Gasteiger partial charge in [0.05, 0.1) is 12.7 Å². The van der Waals surface area contributed by atoms with Crippen molar-refractivity contribution in [2.45, 2.75) is 71.1 Å². The van der Waals surface area contributed by atoms with Crippen LogP contribution < -0.4 is 10.1 Å². The number of aromatic carboxylic acids is 1. The molecule has 0 saturated heterocycles. The van der Waals surface area contributed by atoms with Crippen LogP contribution in [0.2, 0.25) is 0 Å². The number of benzene rings is 1. The van der Waals surface area contributed by atoms with Gasteiger partial charge in [0.15, 0.2) is 0 Å². The van der Waals surface area contributed by atoms with E-state index in [2.05, 4.69) is 17.2 Å². The minimum absolute atomic E-state index is 0.0315. The van der Waals surface area contributed by atoms with E-state index in [9.17, 15) is 14.7 Å². The van der Waals surface area contributed by atoms with Crippen molar-refractivity contribution in [1.82, 2.24) is 4.98 Å². The Morgan fingerprint density at radius 2 is 1.94 bits per heavy atom. The number of pyridine rings is 1. The van der Waals surface area contributed by atoms with Crippen LogP contribution in [0.5, 0.6) is 5.88 Å². The molecule has 2 N–H and O–H groups in total. The lowest BCUT2D eigenvalue weighted by Crippen LogP contribution is -2.21. The van der Waals surface area contributed by atoms with Gasteiger partial charge in [0.1, 0.15) is 0 Å². The number of carbonyl (C=O) groups is 2. The second-order valence-electron chi connectivity index (χ2n) is 8.86. The molecule has 0 aliphatic rings. The first-order valence-corrected chi connectivity index (χ1v) is 10.8. The lowest BCUT2D eigenvalue weighted by Gasteiger charge is -2.24. The fourth-order valence-electron chi connectivity index (χ4n) is 3.75. The van der Waals surface area contributed by atoms with Crippen molar-refractivity contribution >= 4 is 17.6 Å². The van der Waals surface area contributed by atoms with E-state index in [0.29, 0.717) is 11.6 Å². The van der Waals surface area contributed by atoms with Gasteiger partial charge in [-0.2, -0.15) is 0 Å². The van der Waals surface area contributed by atoms with Gasteiger partial charge >= 0.3 is 5.97 Å². The topological polar surface area (TPSA) is 88.5 Å². The zero-order chi connectivity index (χ0) is 23.0. The smallest absolute Gasteiger partial charge is 0.335 e. The molecule has 0 fully saturated rings. The van der Waals surface area contributed by atoms with Crippen LogP contribution in [0.4, 0.5) is 5.69 Å². The SMILES string of the molecule is CCCCCC(CC(=O)Nc1cc(C(=O)O)ccc1C(C)(C)C)c1cccnc1OC. The summed E-state index contributed by atoms with van der Waals surface area (Å²) >= 11 is 0. The Bertz CT molecular complexity index is 903. The van der Waals surface area contributed by atoms with Crippen LogP contribution in [0, 0.1) is 0 Å². The second kappa shape index (κ2) is 10.9. The van der Waals surface area contributed by atoms with Crippen LogP contribution in [0.3, 0.4) is 0 Å². The fraction of sp³-hybridized carbons (Fsp3) is 0.480. The van der Waals surface area contributed by atoms with Gasteiger partial charge in [-0.3, -0.25) is 4.79 Å². The molecule has 2 aromatic rings. The zero-order valence-electron chi connectivity index (χ0n) is 19.2. The Balaban J connectivity index is 2.30. The summed E-state index contributed by atoms with van der Waals surface area (Å²) in [5, 5.41) is 12.4. The molecule has 168 valence electrons. The maximum atomic E-state index is 13.1. The summed E-state index contributed by atoms with van der Waals surface area (Å²) in [5.74, 6) is -0.662. The summed E-state index contributed by atoms with van der Waals surface area (Å²) in [6, 6.07) is 8.71. The molecule has 1 unspecified atom stereocenters. The molecule has 6 heteroatoms. The van der Waals surface area contributed by atoms with E-state index in [0.717, 1.165) is 36.8 Å². The summed E-state index contributed by atoms with van der Waals surface area (Å²) in [4.78, 5) is 28.8. The van der Waals surface area contributed by atoms with Crippen molar-refractivity contribution in [3.8, 4) is 5.88 Å². The van der Waals surface area contributed by atoms with Gasteiger partial charge in [-0.15, -0.1) is 0 Å². The van der Waals surface area contributed by atoms with E-state index < -0.39 is 5.97 Å². The van der Waals surface area contributed by atoms with E-state index in [4.69, 9.17) is 4.74 Å². The number of nitrogens with zero attached hydrogens (tertiary/aromatic N) is 1. The first-order valence-electron chi connectivity index (χ1n) is 10.8. The molecular weight excluding hydrogens is 392 g/mol. The van der Waals surface area contributed by atoms with E-state index >= 15 is 0 Å². The number of methoxy groups -OCH3 is 1. The van der Waals surface area contributed by atoms with Crippen molar-refractivity contribution < 1.29 is 19.4 Å². The maximum absolute atomic E-state index is 13.1. The third-order valence-electron chi connectivity index (χ3n) is 5.37. The highest BCUT2D eigenvalue weighted by atomic mass is 16.5. The highest BCUT2D eigenvalue weighted by Crippen LogP contribution is 2.34. The number of carboxylic acids is 1. The van der Waals surface area contributed by atoms with Gasteiger partial charge in [-0.1, -0.05) is 59.1 Å². The molecule has 2 rings (SSSR count). The van der Waals surface area contributed by atoms with E-state index in [1.165, 1.54) is 6.07 Å². The van der Waals surface area contributed by atoms with Crippen LogP contribution in [0.25, 0.3) is 0 Å². The van der Waals surface area contributed by atoms with Gasteiger partial charge in [-0.05, 0) is 41.5 Å². The minimum atomic E-state index is -1.02. The number of unbranched alkanes of at least 4 members (excludes halogenated alkanes) is 2. The van der Waals surface area contributed by atoms with E-state index in [1.54, 1.807) is 25.4 Å². The number of nitrogens with one attached hydrogen (secondary N) is 1. The molecule has 1 amide bonds. The first-order chi connectivity index (χ1) is 14.7. The molecule has 1 heterocycles. The Kier molecular flexibility index (Phi) is 8.60. The number of carbonyl (C=O) groups excluding carboxylic acids is 1. The maximum Gasteiger partial charge on any atom is 0.335 e. The average molecular weight is 427 g/mol. The van der Waals surface area contributed by atoms with Crippen molar-refractivity contribution in [2.24, 2.45) is 0 Å². The largest absolute Gasteiger partial charge is 0.481 e. The molecule has 0 bridgehead atoms. The normalized spacial score (nSPS) is 12.3. The van der Waals surface area contributed by atoms with Crippen molar-refractivity contribution in [2.75, 3.05) is 12.4 Å². The van der Waals surface area contributed by atoms with Gasteiger partial charge in [0.25, 0.3) is 0 Å². The number of ether oxygens (including phenoxy) is 1. The molecule has 0 aliphatic carbocycles. The van der Waals surface area contributed by atoms with E-state index in [-0.39, 0.29) is 29.2 Å². The number of amides is 1. The Morgan fingerprint density at radius 3 is 2.55 bits per heavy atom. The van der Waals surface area contributed by atoms with Gasteiger partial charge in [0.2, 0.25) is 11.8 Å².